The highest BCUT2D eigenvalue weighted by atomic mass is 32.2. The van der Waals surface area contributed by atoms with Crippen molar-refractivity contribution in [3.8, 4) is 11.4 Å². The first-order valence-electron chi connectivity index (χ1n) is 13.4. The summed E-state index contributed by atoms with van der Waals surface area (Å²) in [6, 6.07) is 23.9. The lowest BCUT2D eigenvalue weighted by Gasteiger charge is -2.20. The number of nitrogens with zero attached hydrogens (tertiary/aromatic N) is 4. The minimum absolute atomic E-state index is 0.153. The number of H-pyrrole nitrogens is 1. The number of methoxy groups -OCH3 is 1. The van der Waals surface area contributed by atoms with Crippen molar-refractivity contribution in [1.82, 2.24) is 5.27 Å². The summed E-state index contributed by atoms with van der Waals surface area (Å²) in [4.78, 5) is 47.7. The number of carbonyl (C=O) groups is 2. The van der Waals surface area contributed by atoms with Crippen LogP contribution in [-0.4, -0.2) is 48.1 Å². The standard InChI is InChI=1S/C31H29N5O5S/c1-4-34(5-2)22-13-11-21(12-14-22)19-26-29(38)35(23-9-7-6-8-10-23)31(32-26)42-20-27(37)28-30(39)41-33-36(28)24-15-17-25(40-3)18-16-24/h6-19H,4-5,20H2,1-3H3/p+1/b26-19+. The van der Waals surface area contributed by atoms with Crippen LogP contribution in [0.3, 0.4) is 0 Å². The highest BCUT2D eigenvalue weighted by molar-refractivity contribution is 8.14. The predicted molar refractivity (Wildman–Crippen MR) is 164 cm³/mol. The van der Waals surface area contributed by atoms with Crippen molar-refractivity contribution in [2.75, 3.05) is 35.8 Å². The summed E-state index contributed by atoms with van der Waals surface area (Å²) < 4.78 is 11.4. The van der Waals surface area contributed by atoms with E-state index in [-0.39, 0.29) is 23.1 Å². The molecule has 0 saturated carbocycles. The van der Waals surface area contributed by atoms with Crippen LogP contribution in [0.1, 0.15) is 29.9 Å². The molecular weight excluding hydrogens is 554 g/mol. The second-order valence-electron chi connectivity index (χ2n) is 9.24. The lowest BCUT2D eigenvalue weighted by molar-refractivity contribution is -0.672. The molecule has 0 atom stereocenters. The first-order chi connectivity index (χ1) is 20.4. The number of amides is 1. The molecule has 214 valence electrons. The smallest absolute Gasteiger partial charge is 0.438 e. The molecule has 0 unspecified atom stereocenters. The number of para-hydroxylation sites is 1. The molecule has 10 nitrogen and oxygen atoms in total. The Hall–Kier alpha value is -4.90. The molecule has 2 heterocycles. The number of anilines is 2. The molecule has 1 aliphatic rings. The maximum Gasteiger partial charge on any atom is 0.438 e. The van der Waals surface area contributed by atoms with Crippen LogP contribution in [0.15, 0.2) is 98.9 Å². The van der Waals surface area contributed by atoms with Crippen molar-refractivity contribution in [3.63, 3.8) is 0 Å². The second kappa shape index (κ2) is 12.7. The molecule has 4 aromatic rings. The molecule has 42 heavy (non-hydrogen) atoms. The van der Waals surface area contributed by atoms with Gasteiger partial charge < -0.3 is 9.64 Å². The summed E-state index contributed by atoms with van der Waals surface area (Å²) in [5.41, 5.74) is 2.35. The van der Waals surface area contributed by atoms with E-state index in [0.717, 1.165) is 36.1 Å². The Balaban J connectivity index is 1.41. The van der Waals surface area contributed by atoms with Gasteiger partial charge in [-0.15, -0.1) is 0 Å². The van der Waals surface area contributed by atoms with Gasteiger partial charge in [0.05, 0.1) is 18.6 Å². The minimum Gasteiger partial charge on any atom is -0.497 e. The van der Waals surface area contributed by atoms with Gasteiger partial charge in [0.15, 0.2) is 5.17 Å². The molecule has 0 bridgehead atoms. The average molecular weight is 585 g/mol. The zero-order chi connectivity index (χ0) is 29.6. The molecule has 1 amide bonds. The Morgan fingerprint density at radius 3 is 2.36 bits per heavy atom. The third-order valence-corrected chi connectivity index (χ3v) is 7.68. The van der Waals surface area contributed by atoms with Crippen LogP contribution in [-0.2, 0) is 4.79 Å². The van der Waals surface area contributed by atoms with Gasteiger partial charge in [0, 0.05) is 30.9 Å². The number of Topliss-reactive ketones (excluding diaryl/α,β-unsaturated/α-hetero) is 1. The number of thioether (sulfide) groups is 1. The number of amidine groups is 1. The first kappa shape index (κ1) is 28.6. The van der Waals surface area contributed by atoms with Gasteiger partial charge in [0.1, 0.15) is 11.4 Å². The van der Waals surface area contributed by atoms with E-state index in [0.29, 0.717) is 22.3 Å². The largest absolute Gasteiger partial charge is 0.497 e. The third-order valence-electron chi connectivity index (χ3n) is 6.74. The van der Waals surface area contributed by atoms with Gasteiger partial charge in [-0.25, -0.2) is 9.79 Å². The quantitative estimate of drug-likeness (QED) is 0.166. The molecule has 1 aliphatic heterocycles. The summed E-state index contributed by atoms with van der Waals surface area (Å²) in [6.07, 6.45) is 1.73. The number of hydrogen-bond donors (Lipinski definition) is 1. The number of hydrogen-bond acceptors (Lipinski definition) is 8. The number of aromatic nitrogens is 2. The number of ether oxygens (including phenoxy) is 1. The number of benzene rings is 3. The number of carbonyl (C=O) groups excluding carboxylic acids is 2. The normalized spacial score (nSPS) is 13.9. The zero-order valence-electron chi connectivity index (χ0n) is 23.4. The Kier molecular flexibility index (Phi) is 8.68. The maximum atomic E-state index is 13.6. The van der Waals surface area contributed by atoms with Crippen LogP contribution >= 0.6 is 11.8 Å². The van der Waals surface area contributed by atoms with Crippen molar-refractivity contribution < 1.29 is 23.5 Å². The van der Waals surface area contributed by atoms with Crippen molar-refractivity contribution in [2.24, 2.45) is 4.99 Å². The fraction of sp³-hybridized carbons (Fsp3) is 0.194. The van der Waals surface area contributed by atoms with E-state index in [2.05, 4.69) is 29.0 Å². The van der Waals surface area contributed by atoms with Crippen LogP contribution in [0.5, 0.6) is 5.75 Å². The van der Waals surface area contributed by atoms with Gasteiger partial charge in [-0.3, -0.25) is 19.0 Å². The van der Waals surface area contributed by atoms with Gasteiger partial charge >= 0.3 is 11.3 Å². The molecule has 1 aromatic heterocycles. The van der Waals surface area contributed by atoms with E-state index in [1.54, 1.807) is 49.6 Å². The fourth-order valence-corrected chi connectivity index (χ4v) is 5.43. The highest BCUT2D eigenvalue weighted by Gasteiger charge is 2.35. The summed E-state index contributed by atoms with van der Waals surface area (Å²) in [5, 5.41) is 2.82. The summed E-state index contributed by atoms with van der Waals surface area (Å²) in [5.74, 6) is -0.320. The van der Waals surface area contributed by atoms with Crippen LogP contribution in [0.2, 0.25) is 0 Å². The van der Waals surface area contributed by atoms with Crippen molar-refractivity contribution >= 4 is 46.1 Å². The van der Waals surface area contributed by atoms with Gasteiger partial charge in [0.25, 0.3) is 5.91 Å². The molecule has 0 aliphatic carbocycles. The average Bonchev–Trinajstić information content (AvgIpc) is 3.56. The van der Waals surface area contributed by atoms with Gasteiger partial charge in [-0.1, -0.05) is 42.1 Å². The first-order valence-corrected chi connectivity index (χ1v) is 14.4. The molecule has 0 saturated heterocycles. The number of rotatable bonds is 10. The molecule has 11 heteroatoms. The summed E-state index contributed by atoms with van der Waals surface area (Å²) in [6.45, 7) is 6.01. The zero-order valence-corrected chi connectivity index (χ0v) is 24.3. The van der Waals surface area contributed by atoms with E-state index in [9.17, 15) is 14.4 Å². The predicted octanol–water partition coefficient (Wildman–Crippen LogP) is 4.46. The van der Waals surface area contributed by atoms with E-state index >= 15 is 0 Å². The lowest BCUT2D eigenvalue weighted by Crippen LogP contribution is -2.41. The third kappa shape index (κ3) is 5.91. The Bertz CT molecular complexity index is 1690. The number of aliphatic imine (C=N–C) groups is 1. The van der Waals surface area contributed by atoms with Crippen LogP contribution in [0.25, 0.3) is 11.8 Å². The van der Waals surface area contributed by atoms with Gasteiger partial charge in [-0.05, 0) is 71.8 Å². The molecular formula is C31H30N5O5S+. The summed E-state index contributed by atoms with van der Waals surface area (Å²) >= 11 is 1.07. The molecule has 1 N–H and O–H groups in total. The van der Waals surface area contributed by atoms with Crippen LogP contribution < -0.4 is 24.8 Å². The SMILES string of the molecule is CCN(CC)c1ccc(/C=C2/N=C(SCC(=O)c3c(=O)o[nH][n+]3-c3ccc(OC)cc3)N(c3ccccc3)C2=O)cc1. The minimum atomic E-state index is -0.797. The number of nitrogens with one attached hydrogen (secondary N) is 1. The van der Waals surface area contributed by atoms with E-state index in [1.165, 1.54) is 9.58 Å². The van der Waals surface area contributed by atoms with Crippen LogP contribution in [0.4, 0.5) is 11.4 Å². The molecule has 0 spiro atoms. The van der Waals surface area contributed by atoms with Crippen molar-refractivity contribution in [3.05, 3.63) is 106 Å². The highest BCUT2D eigenvalue weighted by Crippen LogP contribution is 2.30. The molecule has 5 rings (SSSR count). The lowest BCUT2D eigenvalue weighted by atomic mass is 10.1. The second-order valence-corrected chi connectivity index (χ2v) is 10.2. The fourth-order valence-electron chi connectivity index (χ4n) is 4.55. The molecule has 3 aromatic carbocycles. The monoisotopic (exact) mass is 584 g/mol. The maximum absolute atomic E-state index is 13.6. The Morgan fingerprint density at radius 1 is 1.02 bits per heavy atom. The van der Waals surface area contributed by atoms with E-state index in [4.69, 9.17) is 9.26 Å². The Labute approximate surface area is 246 Å². The van der Waals surface area contributed by atoms with Crippen molar-refractivity contribution in [2.45, 2.75) is 13.8 Å². The van der Waals surface area contributed by atoms with Crippen LogP contribution in [0, 0.1) is 0 Å². The van der Waals surface area contributed by atoms with Gasteiger partial charge in [0.2, 0.25) is 11.5 Å². The molecule has 0 radical (unpaired) electrons. The number of aromatic amines is 1. The molecule has 0 fully saturated rings. The van der Waals surface area contributed by atoms with E-state index in [1.807, 2.05) is 42.5 Å². The van der Waals surface area contributed by atoms with E-state index < -0.39 is 11.4 Å². The number of ketones is 1. The van der Waals surface area contributed by atoms with Gasteiger partial charge in [-0.2, -0.15) is 0 Å². The topological polar surface area (TPSA) is 112 Å². The van der Waals surface area contributed by atoms with Crippen molar-refractivity contribution in [1.29, 1.82) is 0 Å². The Morgan fingerprint density at radius 2 is 1.71 bits per heavy atom. The summed E-state index contributed by atoms with van der Waals surface area (Å²) in [7, 11) is 1.55.